The van der Waals surface area contributed by atoms with Gasteiger partial charge in [-0.15, -0.1) is 5.11 Å². The minimum absolute atomic E-state index is 0.00624. The standard InChI is InChI=1S/C23H27N5O6S/c1-5-12-28-21(29)19(14-24)16(4)20(22(28)30)27-26-17-7-9-18(10-8-17)35(32,33)25-11-6-13-34-23(31)15(2)3/h7-10,25,29H,2,5-6,11-13H2,1,3-4H3. The number of nitriles is 1. The van der Waals surface area contributed by atoms with Crippen LogP contribution >= 0.6 is 0 Å². The second kappa shape index (κ2) is 12.0. The van der Waals surface area contributed by atoms with E-state index in [2.05, 4.69) is 21.5 Å². The van der Waals surface area contributed by atoms with Crippen LogP contribution in [0.4, 0.5) is 11.4 Å². The molecule has 2 N–H and O–H groups in total. The zero-order valence-corrected chi connectivity index (χ0v) is 20.6. The summed E-state index contributed by atoms with van der Waals surface area (Å²) in [7, 11) is -3.80. The number of rotatable bonds is 11. The van der Waals surface area contributed by atoms with Crippen molar-refractivity contribution < 1.29 is 23.1 Å². The predicted octanol–water partition coefficient (Wildman–Crippen LogP) is 3.35. The van der Waals surface area contributed by atoms with E-state index in [-0.39, 0.29) is 59.1 Å². The average molecular weight is 502 g/mol. The lowest BCUT2D eigenvalue weighted by molar-refractivity contribution is -0.138. The van der Waals surface area contributed by atoms with E-state index in [1.807, 2.05) is 13.0 Å². The summed E-state index contributed by atoms with van der Waals surface area (Å²) in [4.78, 5) is 24.0. The molecule has 0 aliphatic rings. The fourth-order valence-corrected chi connectivity index (χ4v) is 4.01. The van der Waals surface area contributed by atoms with Gasteiger partial charge in [-0.05, 0) is 51.0 Å². The Balaban J connectivity index is 2.14. The van der Waals surface area contributed by atoms with E-state index < -0.39 is 27.4 Å². The quantitative estimate of drug-likeness (QED) is 0.206. The summed E-state index contributed by atoms with van der Waals surface area (Å²) in [5, 5.41) is 27.5. The molecule has 1 aromatic carbocycles. The first-order chi connectivity index (χ1) is 16.5. The number of pyridine rings is 1. The van der Waals surface area contributed by atoms with E-state index in [9.17, 15) is 28.4 Å². The van der Waals surface area contributed by atoms with Crippen LogP contribution in [0.1, 0.15) is 37.8 Å². The summed E-state index contributed by atoms with van der Waals surface area (Å²) in [6.07, 6.45) is 0.846. The molecule has 2 rings (SSSR count). The van der Waals surface area contributed by atoms with Gasteiger partial charge in [-0.1, -0.05) is 13.5 Å². The number of benzene rings is 1. The van der Waals surface area contributed by atoms with E-state index in [0.717, 1.165) is 4.57 Å². The molecule has 0 amide bonds. The second-order valence-electron chi connectivity index (χ2n) is 7.60. The van der Waals surface area contributed by atoms with Crippen molar-refractivity contribution in [2.24, 2.45) is 10.2 Å². The first-order valence-corrected chi connectivity index (χ1v) is 12.2. The van der Waals surface area contributed by atoms with Crippen molar-refractivity contribution in [1.29, 1.82) is 5.26 Å². The lowest BCUT2D eigenvalue weighted by atomic mass is 10.1. The minimum atomic E-state index is -3.80. The molecular formula is C23H27N5O6S. The van der Waals surface area contributed by atoms with E-state index in [4.69, 9.17) is 4.74 Å². The molecule has 0 aliphatic carbocycles. The summed E-state index contributed by atoms with van der Waals surface area (Å²) in [5.74, 6) is -0.944. The molecule has 2 aromatic rings. The highest BCUT2D eigenvalue weighted by molar-refractivity contribution is 7.89. The van der Waals surface area contributed by atoms with Gasteiger partial charge >= 0.3 is 5.97 Å². The minimum Gasteiger partial charge on any atom is -0.493 e. The van der Waals surface area contributed by atoms with Crippen LogP contribution in [-0.2, 0) is 26.1 Å². The van der Waals surface area contributed by atoms with Crippen LogP contribution in [0.2, 0.25) is 0 Å². The lowest BCUT2D eigenvalue weighted by Gasteiger charge is -2.11. The number of hydrogen-bond acceptors (Lipinski definition) is 9. The number of ether oxygens (including phenoxy) is 1. The third kappa shape index (κ3) is 6.84. The second-order valence-corrected chi connectivity index (χ2v) is 9.37. The van der Waals surface area contributed by atoms with E-state index >= 15 is 0 Å². The van der Waals surface area contributed by atoms with Crippen molar-refractivity contribution >= 4 is 27.4 Å². The Kier molecular flexibility index (Phi) is 9.44. The van der Waals surface area contributed by atoms with Crippen LogP contribution < -0.4 is 10.3 Å². The van der Waals surface area contributed by atoms with Gasteiger partial charge in [0, 0.05) is 24.2 Å². The van der Waals surface area contributed by atoms with Crippen molar-refractivity contribution in [1.82, 2.24) is 9.29 Å². The van der Waals surface area contributed by atoms with Gasteiger partial charge in [0.2, 0.25) is 15.9 Å². The highest BCUT2D eigenvalue weighted by Gasteiger charge is 2.19. The number of esters is 1. The van der Waals surface area contributed by atoms with Gasteiger partial charge in [-0.2, -0.15) is 10.4 Å². The number of aromatic hydroxyl groups is 1. The van der Waals surface area contributed by atoms with Gasteiger partial charge in [0.1, 0.15) is 11.6 Å². The summed E-state index contributed by atoms with van der Waals surface area (Å²) in [6, 6.07) is 7.37. The SMILES string of the molecule is C=C(C)C(=O)OCCCNS(=O)(=O)c1ccc(N=Nc2c(C)c(C#N)c(O)n(CCC)c2=O)cc1. The van der Waals surface area contributed by atoms with Gasteiger partial charge < -0.3 is 9.84 Å². The summed E-state index contributed by atoms with van der Waals surface area (Å²) < 4.78 is 33.3. The van der Waals surface area contributed by atoms with E-state index in [0.29, 0.717) is 6.42 Å². The first-order valence-electron chi connectivity index (χ1n) is 10.7. The zero-order valence-electron chi connectivity index (χ0n) is 19.7. The van der Waals surface area contributed by atoms with E-state index in [1.54, 1.807) is 0 Å². The lowest BCUT2D eigenvalue weighted by Crippen LogP contribution is -2.25. The number of hydrogen-bond donors (Lipinski definition) is 2. The molecule has 0 saturated heterocycles. The molecule has 0 spiro atoms. The van der Waals surface area contributed by atoms with Crippen molar-refractivity contribution in [3.05, 3.63) is 57.9 Å². The molecule has 0 radical (unpaired) electrons. The van der Waals surface area contributed by atoms with Crippen LogP contribution in [0.5, 0.6) is 5.88 Å². The van der Waals surface area contributed by atoms with Crippen molar-refractivity contribution in [2.45, 2.75) is 45.1 Å². The number of azo groups is 1. The number of aromatic nitrogens is 1. The largest absolute Gasteiger partial charge is 0.493 e. The molecule has 1 aromatic heterocycles. The normalized spacial score (nSPS) is 11.4. The van der Waals surface area contributed by atoms with Gasteiger partial charge in [0.15, 0.2) is 5.69 Å². The highest BCUT2D eigenvalue weighted by Crippen LogP contribution is 2.27. The molecular weight excluding hydrogens is 474 g/mol. The Morgan fingerprint density at radius 1 is 1.29 bits per heavy atom. The number of carbonyl (C=O) groups is 1. The van der Waals surface area contributed by atoms with Crippen molar-refractivity contribution in [3.8, 4) is 11.9 Å². The molecule has 0 unspecified atom stereocenters. The Morgan fingerprint density at radius 2 is 1.94 bits per heavy atom. The molecule has 12 heteroatoms. The number of carbonyl (C=O) groups excluding carboxylic acids is 1. The van der Waals surface area contributed by atoms with Gasteiger partial charge in [-0.25, -0.2) is 17.9 Å². The number of nitrogens with zero attached hydrogens (tertiary/aromatic N) is 4. The van der Waals surface area contributed by atoms with Gasteiger partial charge in [-0.3, -0.25) is 9.36 Å². The summed E-state index contributed by atoms with van der Waals surface area (Å²) in [6.45, 7) is 8.62. The molecule has 35 heavy (non-hydrogen) atoms. The van der Waals surface area contributed by atoms with Crippen LogP contribution in [0.3, 0.4) is 0 Å². The number of nitrogens with one attached hydrogen (secondary N) is 1. The molecule has 0 saturated carbocycles. The van der Waals surface area contributed by atoms with Gasteiger partial charge in [0.05, 0.1) is 17.2 Å². The highest BCUT2D eigenvalue weighted by atomic mass is 32.2. The number of sulfonamides is 1. The fourth-order valence-electron chi connectivity index (χ4n) is 2.94. The van der Waals surface area contributed by atoms with E-state index in [1.165, 1.54) is 38.1 Å². The maximum atomic E-state index is 12.7. The Hall–Kier alpha value is -3.82. The molecule has 0 atom stereocenters. The third-order valence-corrected chi connectivity index (χ3v) is 6.30. The molecule has 1 heterocycles. The van der Waals surface area contributed by atoms with Crippen molar-refractivity contribution in [2.75, 3.05) is 13.2 Å². The summed E-state index contributed by atoms with van der Waals surface area (Å²) in [5.41, 5.74) is 0.0152. The van der Waals surface area contributed by atoms with Crippen LogP contribution in [0.15, 0.2) is 56.3 Å². The topological polar surface area (TPSA) is 163 Å². The van der Waals surface area contributed by atoms with Crippen LogP contribution in [0.25, 0.3) is 0 Å². The maximum Gasteiger partial charge on any atom is 0.333 e. The van der Waals surface area contributed by atoms with Crippen LogP contribution in [-0.4, -0.2) is 37.2 Å². The Labute approximate surface area is 203 Å². The van der Waals surface area contributed by atoms with Crippen molar-refractivity contribution in [3.63, 3.8) is 0 Å². The summed E-state index contributed by atoms with van der Waals surface area (Å²) >= 11 is 0. The molecule has 0 fully saturated rings. The first kappa shape index (κ1) is 27.4. The fraction of sp³-hybridized carbons (Fsp3) is 0.348. The molecule has 186 valence electrons. The molecule has 0 bridgehead atoms. The molecule has 11 nitrogen and oxygen atoms in total. The average Bonchev–Trinajstić information content (AvgIpc) is 2.82. The third-order valence-electron chi connectivity index (χ3n) is 4.82. The van der Waals surface area contributed by atoms with Gasteiger partial charge in [0.25, 0.3) is 5.56 Å². The molecule has 0 aliphatic heterocycles. The van der Waals surface area contributed by atoms with Crippen LogP contribution in [0, 0.1) is 18.3 Å². The maximum absolute atomic E-state index is 12.7. The predicted molar refractivity (Wildman–Crippen MR) is 128 cm³/mol. The Morgan fingerprint density at radius 3 is 2.51 bits per heavy atom. The zero-order chi connectivity index (χ0) is 26.2. The monoisotopic (exact) mass is 501 g/mol. The Bertz CT molecular complexity index is 1340. The smallest absolute Gasteiger partial charge is 0.333 e.